The fourth-order valence-electron chi connectivity index (χ4n) is 2.43. The van der Waals surface area contributed by atoms with Gasteiger partial charge in [-0.15, -0.1) is 11.3 Å². The molecule has 0 atom stereocenters. The Morgan fingerprint density at radius 2 is 2.04 bits per heavy atom. The molecule has 0 spiro atoms. The van der Waals surface area contributed by atoms with Crippen molar-refractivity contribution in [1.82, 2.24) is 4.98 Å². The number of benzene rings is 1. The van der Waals surface area contributed by atoms with Gasteiger partial charge < -0.3 is 10.1 Å². The van der Waals surface area contributed by atoms with E-state index in [0.29, 0.717) is 10.6 Å². The summed E-state index contributed by atoms with van der Waals surface area (Å²) in [5, 5.41) is 7.50. The van der Waals surface area contributed by atoms with Crippen molar-refractivity contribution < 1.29 is 14.3 Å². The molecular formula is C19H18N2O3S2. The minimum atomic E-state index is -0.527. The maximum Gasteiger partial charge on any atom is 0.350 e. The van der Waals surface area contributed by atoms with Gasteiger partial charge in [-0.25, -0.2) is 9.78 Å². The number of esters is 1. The molecule has 0 bridgehead atoms. The monoisotopic (exact) mass is 386 g/mol. The summed E-state index contributed by atoms with van der Waals surface area (Å²) in [6, 6.07) is 9.52. The quantitative estimate of drug-likeness (QED) is 0.632. The Morgan fingerprint density at radius 3 is 2.77 bits per heavy atom. The highest BCUT2D eigenvalue weighted by atomic mass is 32.1. The first-order chi connectivity index (χ1) is 12.6. The van der Waals surface area contributed by atoms with Crippen LogP contribution in [0.3, 0.4) is 0 Å². The second kappa shape index (κ2) is 8.25. The molecule has 0 saturated carbocycles. The fourth-order valence-corrected chi connectivity index (χ4v) is 4.10. The molecule has 1 aromatic carbocycles. The number of thiazole rings is 1. The Balaban J connectivity index is 1.61. The third-order valence-corrected chi connectivity index (χ3v) is 5.63. The van der Waals surface area contributed by atoms with Gasteiger partial charge in [0, 0.05) is 16.6 Å². The van der Waals surface area contributed by atoms with E-state index in [1.165, 1.54) is 11.3 Å². The van der Waals surface area contributed by atoms with Crippen molar-refractivity contribution in [2.24, 2.45) is 0 Å². The number of rotatable bonds is 6. The number of anilines is 1. The number of hydrogen-bond donors (Lipinski definition) is 1. The second-order valence-electron chi connectivity index (χ2n) is 5.58. The summed E-state index contributed by atoms with van der Waals surface area (Å²) in [4.78, 5) is 29.2. The van der Waals surface area contributed by atoms with Crippen LogP contribution >= 0.6 is 22.7 Å². The first-order valence-electron chi connectivity index (χ1n) is 8.13. The molecule has 0 unspecified atom stereocenters. The van der Waals surface area contributed by atoms with Crippen molar-refractivity contribution in [3.63, 3.8) is 0 Å². The molecule has 3 aromatic rings. The van der Waals surface area contributed by atoms with E-state index < -0.39 is 5.97 Å². The van der Waals surface area contributed by atoms with Crippen LogP contribution in [0.4, 0.5) is 5.69 Å². The molecule has 0 fully saturated rings. The van der Waals surface area contributed by atoms with E-state index in [1.54, 1.807) is 18.3 Å². The molecule has 0 aliphatic heterocycles. The standard InChI is InChI=1S/C19H18N2O3S2/c1-3-13-6-4-5-7-15(13)21-16(22)10-24-19(23)17-12(2)20-18(26-17)14-8-9-25-11-14/h4-9,11H,3,10H2,1-2H3,(H,21,22). The number of amides is 1. The zero-order chi connectivity index (χ0) is 18.5. The minimum absolute atomic E-state index is 0.331. The maximum absolute atomic E-state index is 12.3. The lowest BCUT2D eigenvalue weighted by atomic mass is 10.1. The number of aryl methyl sites for hydroxylation is 2. The predicted molar refractivity (Wildman–Crippen MR) is 105 cm³/mol. The molecule has 134 valence electrons. The van der Waals surface area contributed by atoms with Gasteiger partial charge in [-0.3, -0.25) is 4.79 Å². The lowest BCUT2D eigenvalue weighted by Gasteiger charge is -2.09. The summed E-state index contributed by atoms with van der Waals surface area (Å²) in [7, 11) is 0. The molecule has 0 saturated heterocycles. The van der Waals surface area contributed by atoms with E-state index in [-0.39, 0.29) is 12.5 Å². The maximum atomic E-state index is 12.3. The second-order valence-corrected chi connectivity index (χ2v) is 7.36. The van der Waals surface area contributed by atoms with Crippen LogP contribution in [0.5, 0.6) is 0 Å². The average molecular weight is 386 g/mol. The molecule has 1 amide bonds. The number of nitrogens with zero attached hydrogens (tertiary/aromatic N) is 1. The molecule has 2 aromatic heterocycles. The van der Waals surface area contributed by atoms with Crippen molar-refractivity contribution >= 4 is 40.2 Å². The number of aromatic nitrogens is 1. The zero-order valence-electron chi connectivity index (χ0n) is 14.4. The highest BCUT2D eigenvalue weighted by molar-refractivity contribution is 7.17. The lowest BCUT2D eigenvalue weighted by molar-refractivity contribution is -0.119. The smallest absolute Gasteiger partial charge is 0.350 e. The zero-order valence-corrected chi connectivity index (χ0v) is 16.1. The van der Waals surface area contributed by atoms with Crippen LogP contribution in [0.25, 0.3) is 10.6 Å². The molecule has 5 nitrogen and oxygen atoms in total. The highest BCUT2D eigenvalue weighted by Crippen LogP contribution is 2.29. The third kappa shape index (κ3) is 4.17. The molecule has 0 radical (unpaired) electrons. The summed E-state index contributed by atoms with van der Waals surface area (Å²) in [6.07, 6.45) is 0.807. The van der Waals surface area contributed by atoms with E-state index in [2.05, 4.69) is 10.3 Å². The minimum Gasteiger partial charge on any atom is -0.451 e. The summed E-state index contributed by atoms with van der Waals surface area (Å²) >= 11 is 2.85. The van der Waals surface area contributed by atoms with Gasteiger partial charge >= 0.3 is 5.97 Å². The van der Waals surface area contributed by atoms with Crippen LogP contribution in [0.15, 0.2) is 41.1 Å². The van der Waals surface area contributed by atoms with Gasteiger partial charge in [0.05, 0.1) is 5.69 Å². The van der Waals surface area contributed by atoms with Crippen LogP contribution in [0.2, 0.25) is 0 Å². The summed E-state index contributed by atoms with van der Waals surface area (Å²) in [6.45, 7) is 3.45. The first kappa shape index (κ1) is 18.3. The highest BCUT2D eigenvalue weighted by Gasteiger charge is 2.19. The number of nitrogens with one attached hydrogen (secondary N) is 1. The Kier molecular flexibility index (Phi) is 5.80. The Bertz CT molecular complexity index is 917. The van der Waals surface area contributed by atoms with Gasteiger partial charge in [-0.1, -0.05) is 25.1 Å². The third-order valence-electron chi connectivity index (χ3n) is 3.76. The Labute approximate surface area is 159 Å². The van der Waals surface area contributed by atoms with Gasteiger partial charge in [0.1, 0.15) is 9.88 Å². The van der Waals surface area contributed by atoms with Gasteiger partial charge in [0.2, 0.25) is 0 Å². The van der Waals surface area contributed by atoms with Gasteiger partial charge in [-0.2, -0.15) is 11.3 Å². The normalized spacial score (nSPS) is 10.5. The number of ether oxygens (including phenoxy) is 1. The number of carbonyl (C=O) groups is 2. The largest absolute Gasteiger partial charge is 0.451 e. The molecular weight excluding hydrogens is 368 g/mol. The van der Waals surface area contributed by atoms with Crippen molar-refractivity contribution in [3.05, 3.63) is 57.2 Å². The van der Waals surface area contributed by atoms with Gasteiger partial charge in [0.25, 0.3) is 5.91 Å². The topological polar surface area (TPSA) is 68.3 Å². The van der Waals surface area contributed by atoms with E-state index in [4.69, 9.17) is 4.74 Å². The molecule has 1 N–H and O–H groups in total. The van der Waals surface area contributed by atoms with Crippen LogP contribution in [0.1, 0.15) is 27.9 Å². The number of hydrogen-bond acceptors (Lipinski definition) is 6. The first-order valence-corrected chi connectivity index (χ1v) is 9.89. The molecule has 0 aliphatic rings. The molecule has 26 heavy (non-hydrogen) atoms. The van der Waals surface area contributed by atoms with E-state index in [9.17, 15) is 9.59 Å². The van der Waals surface area contributed by atoms with Crippen LogP contribution in [-0.4, -0.2) is 23.5 Å². The van der Waals surface area contributed by atoms with Crippen LogP contribution in [0, 0.1) is 6.92 Å². The van der Waals surface area contributed by atoms with Crippen LogP contribution in [-0.2, 0) is 16.0 Å². The van der Waals surface area contributed by atoms with Crippen molar-refractivity contribution in [2.75, 3.05) is 11.9 Å². The van der Waals surface area contributed by atoms with Crippen LogP contribution < -0.4 is 5.32 Å². The van der Waals surface area contributed by atoms with Crippen molar-refractivity contribution in [3.8, 4) is 10.6 Å². The van der Waals surface area contributed by atoms with Crippen molar-refractivity contribution in [2.45, 2.75) is 20.3 Å². The fraction of sp³-hybridized carbons (Fsp3) is 0.211. The summed E-state index contributed by atoms with van der Waals surface area (Å²) < 4.78 is 5.17. The summed E-state index contributed by atoms with van der Waals surface area (Å²) in [5.41, 5.74) is 3.37. The van der Waals surface area contributed by atoms with Gasteiger partial charge in [-0.05, 0) is 36.4 Å². The van der Waals surface area contributed by atoms with Gasteiger partial charge in [0.15, 0.2) is 6.61 Å². The Morgan fingerprint density at radius 1 is 1.23 bits per heavy atom. The van der Waals surface area contributed by atoms with E-state index in [0.717, 1.165) is 28.2 Å². The average Bonchev–Trinajstić information content (AvgIpc) is 3.29. The Hall–Kier alpha value is -2.51. The van der Waals surface area contributed by atoms with Crippen molar-refractivity contribution in [1.29, 1.82) is 0 Å². The van der Waals surface area contributed by atoms with E-state index >= 15 is 0 Å². The molecule has 2 heterocycles. The number of thiophene rings is 1. The molecule has 7 heteroatoms. The SMILES string of the molecule is CCc1ccccc1NC(=O)COC(=O)c1sc(-c2ccsc2)nc1C. The summed E-state index contributed by atoms with van der Waals surface area (Å²) in [5.74, 6) is -0.889. The predicted octanol–water partition coefficient (Wildman–Crippen LogP) is 4.54. The molecule has 0 aliphatic carbocycles. The molecule has 3 rings (SSSR count). The number of para-hydroxylation sites is 1. The van der Waals surface area contributed by atoms with E-state index in [1.807, 2.05) is 48.0 Å². The lowest BCUT2D eigenvalue weighted by Crippen LogP contribution is -2.21. The number of carbonyl (C=O) groups excluding carboxylic acids is 2.